The molecule has 1 aromatic carbocycles. The fourth-order valence-corrected chi connectivity index (χ4v) is 1.73. The van der Waals surface area contributed by atoms with Gasteiger partial charge in [-0.2, -0.15) is 13.2 Å². The highest BCUT2D eigenvalue weighted by atomic mass is 19.4. The molecule has 0 saturated carbocycles. The summed E-state index contributed by atoms with van der Waals surface area (Å²) in [4.78, 5) is 12.0. The maximum atomic E-state index is 12.8. The monoisotopic (exact) mass is 313 g/mol. The summed E-state index contributed by atoms with van der Waals surface area (Å²) in [6.07, 6.45) is -1.31. The smallest absolute Gasteiger partial charge is 0.416 e. The Balaban J connectivity index is 2.30. The molecule has 118 valence electrons. The highest BCUT2D eigenvalue weighted by Crippen LogP contribution is 2.35. The number of benzene rings is 1. The summed E-state index contributed by atoms with van der Waals surface area (Å²) in [5.41, 5.74) is -0.688. The van der Waals surface area contributed by atoms with E-state index in [4.69, 9.17) is 9.15 Å². The van der Waals surface area contributed by atoms with Crippen LogP contribution in [0.5, 0.6) is 5.75 Å². The van der Waals surface area contributed by atoms with Gasteiger partial charge in [0.2, 0.25) is 0 Å². The van der Waals surface area contributed by atoms with E-state index < -0.39 is 17.6 Å². The number of halogens is 3. The number of carbonyl (C=O) groups is 1. The van der Waals surface area contributed by atoms with Crippen LogP contribution in [-0.2, 0) is 6.18 Å². The van der Waals surface area contributed by atoms with E-state index in [2.05, 4.69) is 5.32 Å². The zero-order chi connectivity index (χ0) is 16.2. The van der Waals surface area contributed by atoms with Crippen molar-refractivity contribution in [3.63, 3.8) is 0 Å². The van der Waals surface area contributed by atoms with E-state index in [0.717, 1.165) is 12.1 Å². The minimum atomic E-state index is -4.50. The normalized spacial score (nSPS) is 11.3. The van der Waals surface area contributed by atoms with E-state index in [1.807, 2.05) is 6.92 Å². The van der Waals surface area contributed by atoms with Crippen LogP contribution in [0.3, 0.4) is 0 Å². The van der Waals surface area contributed by atoms with Gasteiger partial charge in [0.05, 0.1) is 29.7 Å². The van der Waals surface area contributed by atoms with Gasteiger partial charge in [-0.1, -0.05) is 6.92 Å². The molecule has 1 heterocycles. The maximum Gasteiger partial charge on any atom is 0.416 e. The zero-order valence-corrected chi connectivity index (χ0v) is 11.7. The van der Waals surface area contributed by atoms with Gasteiger partial charge < -0.3 is 14.5 Å². The molecule has 2 rings (SSSR count). The topological polar surface area (TPSA) is 51.5 Å². The van der Waals surface area contributed by atoms with Gasteiger partial charge in [-0.25, -0.2) is 0 Å². The first-order chi connectivity index (χ1) is 10.4. The molecule has 1 amide bonds. The molecule has 0 aliphatic heterocycles. The van der Waals surface area contributed by atoms with Crippen LogP contribution in [0.2, 0.25) is 0 Å². The SMILES string of the molecule is CCCOc1ccc(C(F)(F)F)cc1NC(=O)c1ccoc1. The molecule has 0 aliphatic rings. The predicted octanol–water partition coefficient (Wildman–Crippen LogP) is 4.34. The van der Waals surface area contributed by atoms with Gasteiger partial charge in [0, 0.05) is 0 Å². The summed E-state index contributed by atoms with van der Waals surface area (Å²) in [6, 6.07) is 4.38. The second-order valence-electron chi connectivity index (χ2n) is 4.52. The zero-order valence-electron chi connectivity index (χ0n) is 11.7. The second-order valence-corrected chi connectivity index (χ2v) is 4.52. The number of ether oxygens (including phenoxy) is 1. The van der Waals surface area contributed by atoms with Gasteiger partial charge in [0.25, 0.3) is 5.91 Å². The van der Waals surface area contributed by atoms with E-state index in [9.17, 15) is 18.0 Å². The fourth-order valence-electron chi connectivity index (χ4n) is 1.73. The first kappa shape index (κ1) is 15.9. The Labute approximate surface area is 124 Å². The Morgan fingerprint density at radius 2 is 2.09 bits per heavy atom. The Bertz CT molecular complexity index is 636. The number of nitrogens with one attached hydrogen (secondary N) is 1. The Hall–Kier alpha value is -2.44. The number of hydrogen-bond acceptors (Lipinski definition) is 3. The van der Waals surface area contributed by atoms with Crippen LogP contribution in [-0.4, -0.2) is 12.5 Å². The van der Waals surface area contributed by atoms with Crippen LogP contribution in [0.15, 0.2) is 41.2 Å². The summed E-state index contributed by atoms with van der Waals surface area (Å²) in [5, 5.41) is 2.41. The largest absolute Gasteiger partial charge is 0.491 e. The Kier molecular flexibility index (Phi) is 4.75. The van der Waals surface area contributed by atoms with Crippen LogP contribution in [0, 0.1) is 0 Å². The van der Waals surface area contributed by atoms with Crippen LogP contribution in [0.4, 0.5) is 18.9 Å². The number of carbonyl (C=O) groups excluding carboxylic acids is 1. The number of furan rings is 1. The third kappa shape index (κ3) is 3.81. The molecule has 0 fully saturated rings. The van der Waals surface area contributed by atoms with E-state index in [1.54, 1.807) is 0 Å². The molecule has 22 heavy (non-hydrogen) atoms. The molecule has 1 N–H and O–H groups in total. The van der Waals surface area contributed by atoms with Crippen molar-refractivity contribution in [3.05, 3.63) is 47.9 Å². The summed E-state index contributed by atoms with van der Waals surface area (Å²) < 4.78 is 48.5. The average Bonchev–Trinajstić information content (AvgIpc) is 2.99. The van der Waals surface area contributed by atoms with Crippen molar-refractivity contribution in [2.75, 3.05) is 11.9 Å². The van der Waals surface area contributed by atoms with Gasteiger partial charge in [0.15, 0.2) is 0 Å². The fraction of sp³-hybridized carbons (Fsp3) is 0.267. The lowest BCUT2D eigenvalue weighted by Crippen LogP contribution is -2.14. The number of alkyl halides is 3. The lowest BCUT2D eigenvalue weighted by Gasteiger charge is -2.14. The van der Waals surface area contributed by atoms with Crippen molar-refractivity contribution in [3.8, 4) is 5.75 Å². The van der Waals surface area contributed by atoms with Gasteiger partial charge in [-0.05, 0) is 30.7 Å². The molecule has 0 bridgehead atoms. The van der Waals surface area contributed by atoms with Crippen LogP contribution in [0.1, 0.15) is 29.3 Å². The molecule has 2 aromatic rings. The number of rotatable bonds is 5. The summed E-state index contributed by atoms with van der Waals surface area (Å²) in [7, 11) is 0. The summed E-state index contributed by atoms with van der Waals surface area (Å²) >= 11 is 0. The second kappa shape index (κ2) is 6.55. The van der Waals surface area contributed by atoms with E-state index in [0.29, 0.717) is 13.0 Å². The summed E-state index contributed by atoms with van der Waals surface area (Å²) in [6.45, 7) is 2.20. The molecular formula is C15H14F3NO3. The summed E-state index contributed by atoms with van der Waals surface area (Å²) in [5.74, 6) is -0.388. The quantitative estimate of drug-likeness (QED) is 0.893. The van der Waals surface area contributed by atoms with Crippen molar-refractivity contribution in [2.45, 2.75) is 19.5 Å². The third-order valence-electron chi connectivity index (χ3n) is 2.80. The molecule has 0 spiro atoms. The highest BCUT2D eigenvalue weighted by molar-refractivity contribution is 6.04. The molecular weight excluding hydrogens is 299 g/mol. The van der Waals surface area contributed by atoms with E-state index in [-0.39, 0.29) is 17.0 Å². The highest BCUT2D eigenvalue weighted by Gasteiger charge is 2.31. The standard InChI is InChI=1S/C15H14F3NO3/c1-2-6-22-13-4-3-11(15(16,17)18)8-12(13)19-14(20)10-5-7-21-9-10/h3-5,7-9H,2,6H2,1H3,(H,19,20). The average molecular weight is 313 g/mol. The van der Waals surface area contributed by atoms with Gasteiger partial charge in [-0.15, -0.1) is 0 Å². The van der Waals surface area contributed by atoms with Crippen LogP contribution >= 0.6 is 0 Å². The molecule has 0 atom stereocenters. The van der Waals surface area contributed by atoms with Crippen molar-refractivity contribution in [1.29, 1.82) is 0 Å². The molecule has 7 heteroatoms. The first-order valence-electron chi connectivity index (χ1n) is 6.59. The molecule has 0 unspecified atom stereocenters. The molecule has 1 aromatic heterocycles. The minimum absolute atomic E-state index is 0.0329. The van der Waals surface area contributed by atoms with E-state index >= 15 is 0 Å². The lowest BCUT2D eigenvalue weighted by atomic mass is 10.1. The van der Waals surface area contributed by atoms with Crippen LogP contribution in [0.25, 0.3) is 0 Å². The molecule has 0 radical (unpaired) electrons. The lowest BCUT2D eigenvalue weighted by molar-refractivity contribution is -0.137. The van der Waals surface area contributed by atoms with Gasteiger partial charge in [-0.3, -0.25) is 4.79 Å². The predicted molar refractivity (Wildman–Crippen MR) is 73.9 cm³/mol. The van der Waals surface area contributed by atoms with Crippen molar-refractivity contribution in [1.82, 2.24) is 0 Å². The molecule has 0 saturated heterocycles. The first-order valence-corrected chi connectivity index (χ1v) is 6.59. The third-order valence-corrected chi connectivity index (χ3v) is 2.80. The Morgan fingerprint density at radius 3 is 2.68 bits per heavy atom. The molecule has 4 nitrogen and oxygen atoms in total. The Morgan fingerprint density at radius 1 is 1.32 bits per heavy atom. The number of hydrogen-bond donors (Lipinski definition) is 1. The van der Waals surface area contributed by atoms with Crippen molar-refractivity contribution in [2.24, 2.45) is 0 Å². The van der Waals surface area contributed by atoms with Crippen LogP contribution < -0.4 is 10.1 Å². The van der Waals surface area contributed by atoms with Gasteiger partial charge in [0.1, 0.15) is 12.0 Å². The number of amides is 1. The van der Waals surface area contributed by atoms with Gasteiger partial charge >= 0.3 is 6.18 Å². The van der Waals surface area contributed by atoms with E-state index in [1.165, 1.54) is 24.7 Å². The van der Waals surface area contributed by atoms with Crippen molar-refractivity contribution < 1.29 is 27.1 Å². The maximum absolute atomic E-state index is 12.8. The minimum Gasteiger partial charge on any atom is -0.491 e. The van der Waals surface area contributed by atoms with Crippen molar-refractivity contribution >= 4 is 11.6 Å². The number of anilines is 1. The molecule has 0 aliphatic carbocycles.